The maximum Gasteiger partial charge on any atom is 0.359 e. The van der Waals surface area contributed by atoms with Gasteiger partial charge in [0.05, 0.1) is 11.3 Å². The third kappa shape index (κ3) is 5.40. The molecule has 1 aliphatic heterocycles. The molecule has 0 spiro atoms. The normalized spacial score (nSPS) is 16.1. The molecule has 2 heterocycles. The summed E-state index contributed by atoms with van der Waals surface area (Å²) >= 11 is 0. The van der Waals surface area contributed by atoms with E-state index in [0.29, 0.717) is 11.3 Å². The molecule has 9 nitrogen and oxygen atoms in total. The van der Waals surface area contributed by atoms with Crippen molar-refractivity contribution in [3.05, 3.63) is 47.7 Å². The molecule has 0 atom stereocenters. The van der Waals surface area contributed by atoms with Crippen molar-refractivity contribution in [3.8, 4) is 0 Å². The van der Waals surface area contributed by atoms with E-state index >= 15 is 0 Å². The number of nitrogens with zero attached hydrogens (tertiary/aromatic N) is 3. The molecule has 0 radical (unpaired) electrons. The first-order valence-electron chi connectivity index (χ1n) is 11.1. The van der Waals surface area contributed by atoms with Crippen LogP contribution in [0.4, 0.5) is 11.5 Å². The van der Waals surface area contributed by atoms with E-state index in [4.69, 9.17) is 4.74 Å². The molecule has 2 fully saturated rings. The van der Waals surface area contributed by atoms with E-state index in [1.165, 1.54) is 0 Å². The fourth-order valence-electron chi connectivity index (χ4n) is 4.06. The van der Waals surface area contributed by atoms with Crippen molar-refractivity contribution in [1.29, 1.82) is 0 Å². The quantitative estimate of drug-likeness (QED) is 0.640. The molecule has 2 aliphatic rings. The van der Waals surface area contributed by atoms with E-state index < -0.39 is 18.5 Å². The molecule has 2 amide bonds. The van der Waals surface area contributed by atoms with E-state index in [1.54, 1.807) is 36.4 Å². The molecular formula is C23H27N5O4. The highest BCUT2D eigenvalue weighted by atomic mass is 16.5. The Hall–Kier alpha value is -3.49. The molecule has 1 aromatic heterocycles. The Balaban J connectivity index is 1.30. The van der Waals surface area contributed by atoms with Gasteiger partial charge < -0.3 is 20.3 Å². The second-order valence-electron chi connectivity index (χ2n) is 8.10. The molecule has 1 aliphatic carbocycles. The lowest BCUT2D eigenvalue weighted by Gasteiger charge is -2.15. The number of benzene rings is 1. The number of carbonyl (C=O) groups excluding carboxylic acids is 3. The number of ether oxygens (including phenoxy) is 1. The minimum Gasteiger partial charge on any atom is -0.451 e. The SMILES string of the molecule is O=C(COC(=O)c1ccc(N2CCCC2)nn1)Nc1ccccc1C(=O)NC1CCCC1. The zero-order chi connectivity index (χ0) is 22.3. The minimum absolute atomic E-state index is 0.0390. The van der Waals surface area contributed by atoms with Gasteiger partial charge in [-0.05, 0) is 49.9 Å². The second-order valence-corrected chi connectivity index (χ2v) is 8.10. The van der Waals surface area contributed by atoms with Crippen LogP contribution < -0.4 is 15.5 Å². The number of rotatable bonds is 7. The van der Waals surface area contributed by atoms with Crippen molar-refractivity contribution in [2.24, 2.45) is 0 Å². The summed E-state index contributed by atoms with van der Waals surface area (Å²) in [7, 11) is 0. The van der Waals surface area contributed by atoms with Gasteiger partial charge in [-0.2, -0.15) is 0 Å². The van der Waals surface area contributed by atoms with Crippen LogP contribution in [-0.4, -0.2) is 53.7 Å². The summed E-state index contributed by atoms with van der Waals surface area (Å²) in [6.07, 6.45) is 6.40. The maximum atomic E-state index is 12.6. The summed E-state index contributed by atoms with van der Waals surface area (Å²) in [6.45, 7) is 1.37. The molecule has 4 rings (SSSR count). The van der Waals surface area contributed by atoms with Gasteiger partial charge in [-0.25, -0.2) is 4.79 Å². The largest absolute Gasteiger partial charge is 0.451 e. The van der Waals surface area contributed by atoms with Crippen LogP contribution in [0, 0.1) is 0 Å². The molecule has 0 unspecified atom stereocenters. The Kier molecular flexibility index (Phi) is 6.94. The highest BCUT2D eigenvalue weighted by molar-refractivity contribution is 6.04. The van der Waals surface area contributed by atoms with Gasteiger partial charge in [0.1, 0.15) is 0 Å². The van der Waals surface area contributed by atoms with Crippen molar-refractivity contribution in [1.82, 2.24) is 15.5 Å². The van der Waals surface area contributed by atoms with Gasteiger partial charge in [0.15, 0.2) is 18.1 Å². The van der Waals surface area contributed by atoms with Gasteiger partial charge >= 0.3 is 5.97 Å². The number of carbonyl (C=O) groups is 3. The second kappa shape index (κ2) is 10.2. The standard InChI is InChI=1S/C23H27N5O4/c29-21(15-32-23(31)19-11-12-20(27-26-19)28-13-5-6-14-28)25-18-10-4-3-9-17(18)22(30)24-16-7-1-2-8-16/h3-4,9-12,16H,1-2,5-8,13-15H2,(H,24,30)(H,25,29). The fraction of sp³-hybridized carbons (Fsp3) is 0.435. The summed E-state index contributed by atoms with van der Waals surface area (Å²) < 4.78 is 5.07. The topological polar surface area (TPSA) is 114 Å². The third-order valence-electron chi connectivity index (χ3n) is 5.76. The zero-order valence-electron chi connectivity index (χ0n) is 17.9. The number of esters is 1. The Bertz CT molecular complexity index is 967. The predicted molar refractivity (Wildman–Crippen MR) is 119 cm³/mol. The van der Waals surface area contributed by atoms with Crippen LogP contribution in [0.3, 0.4) is 0 Å². The first-order valence-corrected chi connectivity index (χ1v) is 11.1. The summed E-state index contributed by atoms with van der Waals surface area (Å²) in [5, 5.41) is 13.7. The van der Waals surface area contributed by atoms with E-state index in [1.807, 2.05) is 0 Å². The molecule has 168 valence electrons. The molecule has 2 N–H and O–H groups in total. The highest BCUT2D eigenvalue weighted by Gasteiger charge is 2.21. The van der Waals surface area contributed by atoms with Gasteiger partial charge in [0.25, 0.3) is 11.8 Å². The molecule has 32 heavy (non-hydrogen) atoms. The Labute approximate surface area is 186 Å². The van der Waals surface area contributed by atoms with Crippen molar-refractivity contribution in [2.45, 2.75) is 44.6 Å². The van der Waals surface area contributed by atoms with Crippen LogP contribution in [0.5, 0.6) is 0 Å². The monoisotopic (exact) mass is 437 g/mol. The van der Waals surface area contributed by atoms with Crippen molar-refractivity contribution in [2.75, 3.05) is 29.9 Å². The zero-order valence-corrected chi connectivity index (χ0v) is 17.9. The average molecular weight is 438 g/mol. The van der Waals surface area contributed by atoms with Gasteiger partial charge in [0, 0.05) is 19.1 Å². The smallest absolute Gasteiger partial charge is 0.359 e. The van der Waals surface area contributed by atoms with Crippen LogP contribution in [0.2, 0.25) is 0 Å². The number of hydrogen-bond donors (Lipinski definition) is 2. The molecule has 1 aromatic carbocycles. The third-order valence-corrected chi connectivity index (χ3v) is 5.76. The summed E-state index contributed by atoms with van der Waals surface area (Å²) in [4.78, 5) is 39.3. The van der Waals surface area contributed by atoms with Gasteiger partial charge in [-0.3, -0.25) is 9.59 Å². The van der Waals surface area contributed by atoms with Crippen LogP contribution in [0.1, 0.15) is 59.4 Å². The molecule has 1 saturated carbocycles. The summed E-state index contributed by atoms with van der Waals surface area (Å²) in [5.41, 5.74) is 0.790. The number of anilines is 2. The summed E-state index contributed by atoms with van der Waals surface area (Å²) in [6, 6.07) is 10.2. The molecule has 0 bridgehead atoms. The van der Waals surface area contributed by atoms with Crippen molar-refractivity contribution >= 4 is 29.3 Å². The van der Waals surface area contributed by atoms with E-state index in [0.717, 1.165) is 57.4 Å². The fourth-order valence-corrected chi connectivity index (χ4v) is 4.06. The number of aromatic nitrogens is 2. The lowest BCUT2D eigenvalue weighted by molar-refractivity contribution is -0.119. The number of amides is 2. The average Bonchev–Trinajstić information content (AvgIpc) is 3.52. The van der Waals surface area contributed by atoms with E-state index in [9.17, 15) is 14.4 Å². The van der Waals surface area contributed by atoms with E-state index in [2.05, 4.69) is 25.7 Å². The van der Waals surface area contributed by atoms with Gasteiger partial charge in [0.2, 0.25) is 0 Å². The number of nitrogens with one attached hydrogen (secondary N) is 2. The Morgan fingerprint density at radius 2 is 1.72 bits per heavy atom. The first-order chi connectivity index (χ1) is 15.6. The molecule has 9 heteroatoms. The predicted octanol–water partition coefficient (Wildman–Crippen LogP) is 2.54. The Morgan fingerprint density at radius 1 is 0.969 bits per heavy atom. The van der Waals surface area contributed by atoms with Crippen LogP contribution in [0.25, 0.3) is 0 Å². The lowest BCUT2D eigenvalue weighted by Crippen LogP contribution is -2.33. The highest BCUT2D eigenvalue weighted by Crippen LogP contribution is 2.20. The number of hydrogen-bond acceptors (Lipinski definition) is 7. The molecule has 1 saturated heterocycles. The molecular weight excluding hydrogens is 410 g/mol. The lowest BCUT2D eigenvalue weighted by atomic mass is 10.1. The number of para-hydroxylation sites is 1. The van der Waals surface area contributed by atoms with Crippen LogP contribution in [0.15, 0.2) is 36.4 Å². The first kappa shape index (κ1) is 21.7. The molecule has 2 aromatic rings. The maximum absolute atomic E-state index is 12.6. The minimum atomic E-state index is -0.729. The van der Waals surface area contributed by atoms with Crippen molar-refractivity contribution in [3.63, 3.8) is 0 Å². The summed E-state index contributed by atoms with van der Waals surface area (Å²) in [5.74, 6) is -0.767. The van der Waals surface area contributed by atoms with E-state index in [-0.39, 0.29) is 17.6 Å². The van der Waals surface area contributed by atoms with Crippen LogP contribution >= 0.6 is 0 Å². The van der Waals surface area contributed by atoms with Gasteiger partial charge in [-0.15, -0.1) is 10.2 Å². The van der Waals surface area contributed by atoms with Crippen LogP contribution in [-0.2, 0) is 9.53 Å². The Morgan fingerprint density at radius 3 is 2.44 bits per heavy atom. The van der Waals surface area contributed by atoms with Gasteiger partial charge in [-0.1, -0.05) is 25.0 Å². The van der Waals surface area contributed by atoms with Crippen molar-refractivity contribution < 1.29 is 19.1 Å².